The highest BCUT2D eigenvalue weighted by atomic mass is 32.2. The number of aliphatic imine (C=N–C) groups is 1. The van der Waals surface area contributed by atoms with E-state index in [-0.39, 0.29) is 5.82 Å². The van der Waals surface area contributed by atoms with Crippen molar-refractivity contribution < 1.29 is 4.39 Å². The van der Waals surface area contributed by atoms with Crippen LogP contribution in [0.3, 0.4) is 0 Å². The molecule has 0 saturated heterocycles. The molecule has 1 aliphatic carbocycles. The number of benzene rings is 1. The van der Waals surface area contributed by atoms with Gasteiger partial charge in [0, 0.05) is 11.0 Å². The molecule has 1 fully saturated rings. The molecule has 5 heteroatoms. The lowest BCUT2D eigenvalue weighted by Crippen LogP contribution is -2.37. The van der Waals surface area contributed by atoms with Crippen molar-refractivity contribution in [2.75, 3.05) is 0 Å². The molecule has 0 unspecified atom stereocenters. The van der Waals surface area contributed by atoms with Gasteiger partial charge >= 0.3 is 0 Å². The lowest BCUT2D eigenvalue weighted by molar-refractivity contribution is 0.443. The van der Waals surface area contributed by atoms with E-state index < -0.39 is 0 Å². The number of halogens is 1. The maximum absolute atomic E-state index is 12.9. The number of rotatable bonds is 2. The Bertz CT molecular complexity index is 518. The molecule has 20 heavy (non-hydrogen) atoms. The Balaban J connectivity index is 1.65. The second-order valence-corrected chi connectivity index (χ2v) is 5.99. The van der Waals surface area contributed by atoms with Gasteiger partial charge in [-0.3, -0.25) is 15.8 Å². The van der Waals surface area contributed by atoms with E-state index in [1.165, 1.54) is 44.2 Å². The number of nitrogens with zero attached hydrogens (tertiary/aromatic N) is 1. The zero-order valence-corrected chi connectivity index (χ0v) is 12.0. The summed E-state index contributed by atoms with van der Waals surface area (Å²) in [6.45, 7) is 0. The smallest absolute Gasteiger partial charge is 0.180 e. The topological polar surface area (TPSA) is 36.4 Å². The van der Waals surface area contributed by atoms with Crippen molar-refractivity contribution in [3.8, 4) is 0 Å². The van der Waals surface area contributed by atoms with Crippen molar-refractivity contribution in [1.29, 1.82) is 0 Å². The van der Waals surface area contributed by atoms with Crippen LogP contribution in [0.25, 0.3) is 5.70 Å². The van der Waals surface area contributed by atoms with E-state index in [9.17, 15) is 4.39 Å². The maximum Gasteiger partial charge on any atom is 0.180 e. The van der Waals surface area contributed by atoms with Crippen molar-refractivity contribution in [3.63, 3.8) is 0 Å². The zero-order valence-electron chi connectivity index (χ0n) is 11.2. The highest BCUT2D eigenvalue weighted by Gasteiger charge is 2.15. The second-order valence-electron chi connectivity index (χ2n) is 5.13. The summed E-state index contributed by atoms with van der Waals surface area (Å²) in [7, 11) is 0. The van der Waals surface area contributed by atoms with Crippen LogP contribution >= 0.6 is 11.8 Å². The van der Waals surface area contributed by atoms with Crippen molar-refractivity contribution in [2.45, 2.75) is 38.1 Å². The summed E-state index contributed by atoms with van der Waals surface area (Å²) in [5.41, 5.74) is 8.17. The van der Waals surface area contributed by atoms with Gasteiger partial charge in [0.2, 0.25) is 0 Å². The molecule has 0 atom stereocenters. The first-order valence-corrected chi connectivity index (χ1v) is 7.92. The quantitative estimate of drug-likeness (QED) is 0.873. The summed E-state index contributed by atoms with van der Waals surface area (Å²) in [4.78, 5) is 4.74. The Hall–Kier alpha value is -1.49. The Labute approximate surface area is 122 Å². The van der Waals surface area contributed by atoms with Crippen LogP contribution in [-0.4, -0.2) is 11.2 Å². The third-order valence-electron chi connectivity index (χ3n) is 3.62. The molecule has 1 saturated carbocycles. The summed E-state index contributed by atoms with van der Waals surface area (Å²) >= 11 is 1.58. The zero-order chi connectivity index (χ0) is 13.8. The first kappa shape index (κ1) is 13.5. The van der Waals surface area contributed by atoms with Gasteiger partial charge in [-0.15, -0.1) is 0 Å². The largest absolute Gasteiger partial charge is 0.298 e. The second kappa shape index (κ2) is 6.31. The Morgan fingerprint density at radius 1 is 1.05 bits per heavy atom. The predicted molar refractivity (Wildman–Crippen MR) is 82.5 cm³/mol. The summed E-state index contributed by atoms with van der Waals surface area (Å²) in [5.74, 6) is -0.217. The minimum Gasteiger partial charge on any atom is -0.298 e. The molecule has 3 nitrogen and oxygen atoms in total. The molecule has 3 rings (SSSR count). The Morgan fingerprint density at radius 2 is 1.80 bits per heavy atom. The number of hydrazine groups is 1. The first-order valence-electron chi connectivity index (χ1n) is 7.04. The molecule has 2 N–H and O–H groups in total. The summed E-state index contributed by atoms with van der Waals surface area (Å²) in [6.07, 6.45) is 6.31. The molecule has 1 heterocycles. The molecule has 0 amide bonds. The fourth-order valence-electron chi connectivity index (χ4n) is 2.50. The molecular formula is C15H18FN3S. The van der Waals surface area contributed by atoms with Crippen LogP contribution in [0.15, 0.2) is 34.7 Å². The molecule has 1 aromatic carbocycles. The average molecular weight is 291 g/mol. The molecular weight excluding hydrogens is 273 g/mol. The van der Waals surface area contributed by atoms with Crippen LogP contribution in [-0.2, 0) is 0 Å². The van der Waals surface area contributed by atoms with Crippen LogP contribution in [0.4, 0.5) is 4.39 Å². The minimum atomic E-state index is -0.217. The standard InChI is InChI=1S/C15H18FN3S/c16-12-8-6-11(7-9-12)14-10-20-15(19-18-14)17-13-4-2-1-3-5-13/h6-10,13,18H,1-5H2,(H,17,19). The number of hydrogen-bond donors (Lipinski definition) is 2. The van der Waals surface area contributed by atoms with Gasteiger partial charge in [0.15, 0.2) is 5.17 Å². The molecule has 0 bridgehead atoms. The lowest BCUT2D eigenvalue weighted by atomic mass is 9.96. The van der Waals surface area contributed by atoms with E-state index in [1.54, 1.807) is 23.9 Å². The third kappa shape index (κ3) is 3.33. The van der Waals surface area contributed by atoms with Gasteiger partial charge in [0.25, 0.3) is 0 Å². The van der Waals surface area contributed by atoms with Crippen LogP contribution in [0.5, 0.6) is 0 Å². The molecule has 0 radical (unpaired) electrons. The number of hydrogen-bond acceptors (Lipinski definition) is 3. The monoisotopic (exact) mass is 291 g/mol. The van der Waals surface area contributed by atoms with Crippen molar-refractivity contribution >= 4 is 22.6 Å². The van der Waals surface area contributed by atoms with E-state index in [0.717, 1.165) is 16.4 Å². The molecule has 106 valence electrons. The van der Waals surface area contributed by atoms with Gasteiger partial charge < -0.3 is 0 Å². The van der Waals surface area contributed by atoms with E-state index in [2.05, 4.69) is 10.9 Å². The van der Waals surface area contributed by atoms with E-state index >= 15 is 0 Å². The number of nitrogens with one attached hydrogen (secondary N) is 2. The molecule has 1 aliphatic heterocycles. The van der Waals surface area contributed by atoms with Gasteiger partial charge in [-0.1, -0.05) is 31.0 Å². The van der Waals surface area contributed by atoms with E-state index in [0.29, 0.717) is 6.04 Å². The number of amidine groups is 1. The average Bonchev–Trinajstić information content (AvgIpc) is 2.50. The molecule has 0 aromatic heterocycles. The summed E-state index contributed by atoms with van der Waals surface area (Å²) in [6, 6.07) is 6.92. The number of thioether (sulfide) groups is 1. The molecule has 2 aliphatic rings. The SMILES string of the molecule is Fc1ccc(C2=CSC(=NC3CCCCC3)NN2)cc1. The van der Waals surface area contributed by atoms with Gasteiger partial charge in [0.05, 0.1) is 11.7 Å². The minimum absolute atomic E-state index is 0.217. The highest BCUT2D eigenvalue weighted by molar-refractivity contribution is 8.16. The van der Waals surface area contributed by atoms with Crippen LogP contribution < -0.4 is 10.9 Å². The Morgan fingerprint density at radius 3 is 2.45 bits per heavy atom. The molecule has 1 aromatic rings. The fourth-order valence-corrected chi connectivity index (χ4v) is 3.25. The molecule has 0 spiro atoms. The normalized spacial score (nSPS) is 22.1. The lowest BCUT2D eigenvalue weighted by Gasteiger charge is -2.22. The first-order chi connectivity index (χ1) is 9.81. The van der Waals surface area contributed by atoms with Gasteiger partial charge in [-0.05, 0) is 37.1 Å². The Kier molecular flexibility index (Phi) is 4.25. The van der Waals surface area contributed by atoms with Crippen molar-refractivity contribution in [3.05, 3.63) is 41.1 Å². The van der Waals surface area contributed by atoms with Gasteiger partial charge in [-0.25, -0.2) is 4.39 Å². The fraction of sp³-hybridized carbons (Fsp3) is 0.400. The van der Waals surface area contributed by atoms with Gasteiger partial charge in [0.1, 0.15) is 5.82 Å². The van der Waals surface area contributed by atoms with Crippen LogP contribution in [0.2, 0.25) is 0 Å². The summed E-state index contributed by atoms with van der Waals surface area (Å²) in [5, 5.41) is 2.94. The third-order valence-corrected chi connectivity index (χ3v) is 4.41. The maximum atomic E-state index is 12.9. The van der Waals surface area contributed by atoms with Crippen molar-refractivity contribution in [1.82, 2.24) is 10.9 Å². The van der Waals surface area contributed by atoms with Crippen molar-refractivity contribution in [2.24, 2.45) is 4.99 Å². The predicted octanol–water partition coefficient (Wildman–Crippen LogP) is 3.65. The van der Waals surface area contributed by atoms with Crippen LogP contribution in [0.1, 0.15) is 37.7 Å². The van der Waals surface area contributed by atoms with E-state index in [4.69, 9.17) is 4.99 Å². The highest BCUT2D eigenvalue weighted by Crippen LogP contribution is 2.24. The van der Waals surface area contributed by atoms with E-state index in [1.807, 2.05) is 5.41 Å². The summed E-state index contributed by atoms with van der Waals surface area (Å²) < 4.78 is 12.9. The van der Waals surface area contributed by atoms with Gasteiger partial charge in [-0.2, -0.15) is 0 Å². The van der Waals surface area contributed by atoms with Crippen LogP contribution in [0, 0.1) is 5.82 Å².